The number of fused-ring (bicyclic) bond motifs is 1. The van der Waals surface area contributed by atoms with Crippen molar-refractivity contribution >= 4 is 28.4 Å². The zero-order valence-electron chi connectivity index (χ0n) is 17.0. The Kier molecular flexibility index (Phi) is 4.51. The van der Waals surface area contributed by atoms with Crippen LogP contribution in [0.1, 0.15) is 16.8 Å². The van der Waals surface area contributed by atoms with Crippen molar-refractivity contribution in [1.82, 2.24) is 14.8 Å². The molecule has 2 fully saturated rings. The smallest absolute Gasteiger partial charge is 0.256 e. The second-order valence-electron chi connectivity index (χ2n) is 8.25. The first kappa shape index (κ1) is 18.8. The number of nitrogens with zero attached hydrogens (tertiary/aromatic N) is 4. The van der Waals surface area contributed by atoms with E-state index in [9.17, 15) is 9.59 Å². The monoisotopic (exact) mass is 400 g/mol. The average molecular weight is 400 g/mol. The molecule has 1 unspecified atom stereocenters. The van der Waals surface area contributed by atoms with Crippen LogP contribution < -0.4 is 4.90 Å². The van der Waals surface area contributed by atoms with Crippen molar-refractivity contribution in [3.05, 3.63) is 72.4 Å². The van der Waals surface area contributed by atoms with Gasteiger partial charge in [-0.15, -0.1) is 0 Å². The minimum Gasteiger partial charge on any atom is -0.337 e. The van der Waals surface area contributed by atoms with Crippen LogP contribution >= 0.6 is 0 Å². The number of aromatic nitrogens is 1. The predicted molar refractivity (Wildman–Crippen MR) is 116 cm³/mol. The van der Waals surface area contributed by atoms with Crippen LogP contribution in [0.4, 0.5) is 5.69 Å². The first-order valence-corrected chi connectivity index (χ1v) is 10.3. The van der Waals surface area contributed by atoms with E-state index in [0.717, 1.165) is 23.0 Å². The standard InChI is InChI=1S/C24H24N4O2/c1-26-15-21(29)28(19-9-3-2-4-10-19)17-24(26)12-14-27(16-24)23(30)20-11-5-7-18-8-6-13-25-22(18)20/h2-11,13H,12,14-17H2,1H3. The second kappa shape index (κ2) is 7.22. The predicted octanol–water partition coefficient (Wildman–Crippen LogP) is 2.80. The summed E-state index contributed by atoms with van der Waals surface area (Å²) in [4.78, 5) is 36.5. The largest absolute Gasteiger partial charge is 0.337 e. The van der Waals surface area contributed by atoms with Crippen molar-refractivity contribution in [3.8, 4) is 0 Å². The van der Waals surface area contributed by atoms with Gasteiger partial charge in [0.2, 0.25) is 5.91 Å². The summed E-state index contributed by atoms with van der Waals surface area (Å²) in [7, 11) is 1.99. The van der Waals surface area contributed by atoms with Gasteiger partial charge in [-0.2, -0.15) is 0 Å². The van der Waals surface area contributed by atoms with Crippen LogP contribution in [0.2, 0.25) is 0 Å². The Bertz CT molecular complexity index is 1110. The molecule has 1 spiro atoms. The van der Waals surface area contributed by atoms with E-state index >= 15 is 0 Å². The number of piperazine rings is 1. The molecule has 2 aliphatic rings. The second-order valence-corrected chi connectivity index (χ2v) is 8.25. The number of anilines is 1. The maximum absolute atomic E-state index is 13.4. The Hall–Kier alpha value is -3.25. The van der Waals surface area contributed by atoms with E-state index in [0.29, 0.717) is 31.7 Å². The third-order valence-corrected chi connectivity index (χ3v) is 6.49. The average Bonchev–Trinajstić information content (AvgIpc) is 3.21. The highest BCUT2D eigenvalue weighted by molar-refractivity contribution is 6.05. The number of benzene rings is 2. The van der Waals surface area contributed by atoms with Gasteiger partial charge in [-0.1, -0.05) is 36.4 Å². The molecular weight excluding hydrogens is 376 g/mol. The van der Waals surface area contributed by atoms with Crippen molar-refractivity contribution < 1.29 is 9.59 Å². The van der Waals surface area contributed by atoms with Crippen molar-refractivity contribution in [2.75, 3.05) is 38.1 Å². The van der Waals surface area contributed by atoms with Crippen molar-refractivity contribution in [2.45, 2.75) is 12.0 Å². The lowest BCUT2D eigenvalue weighted by Crippen LogP contribution is -2.64. The van der Waals surface area contributed by atoms with Gasteiger partial charge >= 0.3 is 0 Å². The molecule has 0 aliphatic carbocycles. The molecular formula is C24H24N4O2. The maximum Gasteiger partial charge on any atom is 0.256 e. The van der Waals surface area contributed by atoms with E-state index < -0.39 is 0 Å². The van der Waals surface area contributed by atoms with Crippen molar-refractivity contribution in [2.24, 2.45) is 0 Å². The van der Waals surface area contributed by atoms with Gasteiger partial charge < -0.3 is 9.80 Å². The van der Waals surface area contributed by atoms with Crippen LogP contribution in [-0.2, 0) is 4.79 Å². The van der Waals surface area contributed by atoms with E-state index in [1.165, 1.54) is 0 Å². The quantitative estimate of drug-likeness (QED) is 0.664. The Labute approximate surface area is 175 Å². The lowest BCUT2D eigenvalue weighted by atomic mass is 9.92. The lowest BCUT2D eigenvalue weighted by molar-refractivity contribution is -0.123. The number of hydrogen-bond acceptors (Lipinski definition) is 4. The molecule has 3 heterocycles. The molecule has 5 rings (SSSR count). The molecule has 3 aromatic rings. The maximum atomic E-state index is 13.4. The van der Waals surface area contributed by atoms with E-state index in [2.05, 4.69) is 9.88 Å². The molecule has 2 aliphatic heterocycles. The first-order valence-electron chi connectivity index (χ1n) is 10.3. The molecule has 2 amide bonds. The molecule has 6 nitrogen and oxygen atoms in total. The molecule has 152 valence electrons. The van der Waals surface area contributed by atoms with E-state index in [4.69, 9.17) is 0 Å². The summed E-state index contributed by atoms with van der Waals surface area (Å²) < 4.78 is 0. The molecule has 6 heteroatoms. The number of pyridine rings is 1. The SMILES string of the molecule is CN1CC(=O)N(c2ccccc2)CC12CCN(C(=O)c1cccc3cccnc13)C2. The van der Waals surface area contributed by atoms with Gasteiger partial charge in [0.05, 0.1) is 23.2 Å². The van der Waals surface area contributed by atoms with E-state index in [1.807, 2.05) is 77.5 Å². The van der Waals surface area contributed by atoms with E-state index in [-0.39, 0.29) is 17.4 Å². The third kappa shape index (κ3) is 3.04. The Balaban J connectivity index is 1.42. The highest BCUT2D eigenvalue weighted by Gasteiger charge is 2.48. The molecule has 0 bridgehead atoms. The topological polar surface area (TPSA) is 56.8 Å². The summed E-state index contributed by atoms with van der Waals surface area (Å²) in [6.45, 7) is 2.21. The van der Waals surface area contributed by atoms with Gasteiger partial charge in [0.15, 0.2) is 0 Å². The van der Waals surface area contributed by atoms with Gasteiger partial charge in [0.1, 0.15) is 0 Å². The Morgan fingerprint density at radius 2 is 1.80 bits per heavy atom. The van der Waals surface area contributed by atoms with Crippen LogP contribution in [0.3, 0.4) is 0 Å². The molecule has 2 aromatic carbocycles. The Morgan fingerprint density at radius 3 is 2.63 bits per heavy atom. The summed E-state index contributed by atoms with van der Waals surface area (Å²) in [5.74, 6) is 0.102. The number of amides is 2. The van der Waals surface area contributed by atoms with Crippen LogP contribution in [-0.4, -0.2) is 65.4 Å². The summed E-state index contributed by atoms with van der Waals surface area (Å²) in [6, 6.07) is 19.4. The molecule has 0 saturated carbocycles. The van der Waals surface area contributed by atoms with Crippen LogP contribution in [0.15, 0.2) is 66.9 Å². The number of likely N-dealkylation sites (N-methyl/N-ethyl adjacent to an activating group) is 1. The Morgan fingerprint density at radius 1 is 1.00 bits per heavy atom. The minimum absolute atomic E-state index is 0.00716. The summed E-state index contributed by atoms with van der Waals surface area (Å²) >= 11 is 0. The van der Waals surface area contributed by atoms with Gasteiger partial charge in [-0.05, 0) is 37.7 Å². The van der Waals surface area contributed by atoms with Crippen LogP contribution in [0.5, 0.6) is 0 Å². The van der Waals surface area contributed by atoms with Gasteiger partial charge in [0, 0.05) is 36.9 Å². The van der Waals surface area contributed by atoms with Gasteiger partial charge in [0.25, 0.3) is 5.91 Å². The number of hydrogen-bond donors (Lipinski definition) is 0. The number of carbonyl (C=O) groups is 2. The molecule has 2 saturated heterocycles. The highest BCUT2D eigenvalue weighted by atomic mass is 16.2. The fraction of sp³-hybridized carbons (Fsp3) is 0.292. The van der Waals surface area contributed by atoms with Crippen LogP contribution in [0.25, 0.3) is 10.9 Å². The first-order chi connectivity index (χ1) is 14.6. The van der Waals surface area contributed by atoms with Gasteiger partial charge in [-0.3, -0.25) is 19.5 Å². The summed E-state index contributed by atoms with van der Waals surface area (Å²) in [6.07, 6.45) is 2.56. The molecule has 0 N–H and O–H groups in total. The summed E-state index contributed by atoms with van der Waals surface area (Å²) in [5, 5.41) is 0.966. The number of carbonyl (C=O) groups excluding carboxylic acids is 2. The normalized spacial score (nSPS) is 22.2. The molecule has 30 heavy (non-hydrogen) atoms. The van der Waals surface area contributed by atoms with Gasteiger partial charge in [-0.25, -0.2) is 0 Å². The lowest BCUT2D eigenvalue weighted by Gasteiger charge is -2.46. The number of likely N-dealkylation sites (tertiary alicyclic amines) is 1. The highest BCUT2D eigenvalue weighted by Crippen LogP contribution is 2.34. The zero-order chi connectivity index (χ0) is 20.7. The number of rotatable bonds is 2. The molecule has 1 aromatic heterocycles. The zero-order valence-corrected chi connectivity index (χ0v) is 17.0. The van der Waals surface area contributed by atoms with Crippen LogP contribution in [0, 0.1) is 0 Å². The number of para-hydroxylation sites is 2. The third-order valence-electron chi connectivity index (χ3n) is 6.49. The fourth-order valence-electron chi connectivity index (χ4n) is 4.72. The molecule has 0 radical (unpaired) electrons. The van der Waals surface area contributed by atoms with Crippen molar-refractivity contribution in [3.63, 3.8) is 0 Å². The fourth-order valence-corrected chi connectivity index (χ4v) is 4.72. The minimum atomic E-state index is -0.239. The summed E-state index contributed by atoms with van der Waals surface area (Å²) in [5.41, 5.74) is 2.05. The van der Waals surface area contributed by atoms with Crippen molar-refractivity contribution in [1.29, 1.82) is 0 Å². The van der Waals surface area contributed by atoms with E-state index in [1.54, 1.807) is 6.20 Å². The molecule has 1 atom stereocenters.